The Labute approximate surface area is 108 Å². The van der Waals surface area contributed by atoms with Crippen molar-refractivity contribution in [3.8, 4) is 11.8 Å². The second-order valence-corrected chi connectivity index (χ2v) is 5.43. The highest BCUT2D eigenvalue weighted by molar-refractivity contribution is 5.86. The molecule has 0 fully saturated rings. The summed E-state index contributed by atoms with van der Waals surface area (Å²) in [5.41, 5.74) is 1.25. The van der Waals surface area contributed by atoms with Gasteiger partial charge < -0.3 is 0 Å². The third kappa shape index (κ3) is 8.02. The van der Waals surface area contributed by atoms with Crippen molar-refractivity contribution in [2.24, 2.45) is 22.7 Å². The van der Waals surface area contributed by atoms with Crippen molar-refractivity contribution in [1.29, 1.82) is 0 Å². The Balaban J connectivity index is 4.12. The zero-order valence-electron chi connectivity index (χ0n) is 12.5. The minimum Gasteiger partial charge on any atom is -0.293 e. The Morgan fingerprint density at radius 3 is 2.29 bits per heavy atom. The molecule has 0 heterocycles. The van der Waals surface area contributed by atoms with Crippen LogP contribution in [0.3, 0.4) is 0 Å². The van der Waals surface area contributed by atoms with Gasteiger partial charge in [-0.05, 0) is 37.5 Å². The van der Waals surface area contributed by atoms with E-state index in [2.05, 4.69) is 46.5 Å². The van der Waals surface area contributed by atoms with Crippen molar-refractivity contribution in [2.75, 3.05) is 6.54 Å². The number of aliphatic imine (C=N–C) groups is 1. The van der Waals surface area contributed by atoms with Gasteiger partial charge >= 0.3 is 0 Å². The first kappa shape index (κ1) is 16.2. The molecule has 0 spiro atoms. The lowest BCUT2D eigenvalue weighted by atomic mass is 9.89. The van der Waals surface area contributed by atoms with Crippen molar-refractivity contribution >= 4 is 5.71 Å². The van der Waals surface area contributed by atoms with Gasteiger partial charge in [0.25, 0.3) is 0 Å². The van der Waals surface area contributed by atoms with Crippen LogP contribution in [0.2, 0.25) is 0 Å². The second kappa shape index (κ2) is 9.28. The maximum atomic E-state index is 4.71. The molecule has 0 aromatic carbocycles. The van der Waals surface area contributed by atoms with Gasteiger partial charge in [0.2, 0.25) is 0 Å². The Morgan fingerprint density at radius 2 is 1.82 bits per heavy atom. The van der Waals surface area contributed by atoms with Gasteiger partial charge in [0.05, 0.1) is 0 Å². The van der Waals surface area contributed by atoms with Crippen molar-refractivity contribution in [3.63, 3.8) is 0 Å². The normalized spacial score (nSPS) is 15.4. The minimum absolute atomic E-state index is 0.684. The first-order valence-corrected chi connectivity index (χ1v) is 6.93. The van der Waals surface area contributed by atoms with Crippen LogP contribution >= 0.6 is 0 Å². The molecule has 17 heavy (non-hydrogen) atoms. The molecule has 0 rings (SSSR count). The first-order chi connectivity index (χ1) is 8.01. The first-order valence-electron chi connectivity index (χ1n) is 6.93. The molecule has 0 aromatic rings. The highest BCUT2D eigenvalue weighted by Crippen LogP contribution is 2.19. The molecule has 2 unspecified atom stereocenters. The lowest BCUT2D eigenvalue weighted by molar-refractivity contribution is 0.336. The molecular weight excluding hydrogens is 206 g/mol. The molecule has 0 N–H and O–H groups in total. The predicted molar refractivity (Wildman–Crippen MR) is 78.4 cm³/mol. The summed E-state index contributed by atoms with van der Waals surface area (Å²) < 4.78 is 0. The largest absolute Gasteiger partial charge is 0.293 e. The molecule has 0 saturated heterocycles. The Kier molecular flexibility index (Phi) is 8.86. The molecule has 0 aliphatic carbocycles. The zero-order chi connectivity index (χ0) is 13.3. The standard InChI is InChI=1S/C16H29N/c1-7-9-10-16(8-2)17-12-14(5)11-15(6)13(3)4/h13-15H,8,10-12H2,1-6H3. The topological polar surface area (TPSA) is 12.4 Å². The highest BCUT2D eigenvalue weighted by atomic mass is 14.7. The fourth-order valence-electron chi connectivity index (χ4n) is 1.75. The molecule has 1 nitrogen and oxygen atoms in total. The summed E-state index contributed by atoms with van der Waals surface area (Å²) in [6.45, 7) is 14.3. The van der Waals surface area contributed by atoms with E-state index in [4.69, 9.17) is 4.99 Å². The van der Waals surface area contributed by atoms with Crippen LogP contribution in [-0.2, 0) is 0 Å². The average Bonchev–Trinajstić information content (AvgIpc) is 2.29. The van der Waals surface area contributed by atoms with Crippen LogP contribution in [0.4, 0.5) is 0 Å². The lowest BCUT2D eigenvalue weighted by Gasteiger charge is -2.19. The van der Waals surface area contributed by atoms with Gasteiger partial charge in [-0.1, -0.05) is 40.5 Å². The molecule has 0 bridgehead atoms. The molecule has 0 saturated carbocycles. The summed E-state index contributed by atoms with van der Waals surface area (Å²) in [7, 11) is 0. The van der Waals surface area contributed by atoms with Crippen LogP contribution in [0.5, 0.6) is 0 Å². The van der Waals surface area contributed by atoms with E-state index in [1.807, 2.05) is 6.92 Å². The van der Waals surface area contributed by atoms with Gasteiger partial charge in [-0.2, -0.15) is 0 Å². The highest BCUT2D eigenvalue weighted by Gasteiger charge is 2.11. The van der Waals surface area contributed by atoms with Crippen LogP contribution in [0, 0.1) is 29.6 Å². The molecule has 0 aliphatic heterocycles. The number of nitrogens with zero attached hydrogens (tertiary/aromatic N) is 1. The van der Waals surface area contributed by atoms with Crippen LogP contribution in [0.1, 0.15) is 60.8 Å². The number of rotatable bonds is 7. The molecule has 0 aliphatic rings. The third-order valence-corrected chi connectivity index (χ3v) is 3.42. The van der Waals surface area contributed by atoms with E-state index in [1.165, 1.54) is 12.1 Å². The summed E-state index contributed by atoms with van der Waals surface area (Å²) in [5.74, 6) is 8.29. The van der Waals surface area contributed by atoms with Gasteiger partial charge in [0, 0.05) is 18.7 Å². The van der Waals surface area contributed by atoms with E-state index in [0.717, 1.165) is 31.2 Å². The molecule has 1 heteroatoms. The SMILES string of the molecule is CC#CCC(CC)=NCC(C)CC(C)C(C)C. The molecule has 0 aromatic heterocycles. The van der Waals surface area contributed by atoms with Gasteiger partial charge in [0.15, 0.2) is 0 Å². The quantitative estimate of drug-likeness (QED) is 0.453. The fraction of sp³-hybridized carbons (Fsp3) is 0.812. The summed E-state index contributed by atoms with van der Waals surface area (Å²) >= 11 is 0. The Morgan fingerprint density at radius 1 is 1.18 bits per heavy atom. The predicted octanol–water partition coefficient (Wildman–Crippen LogP) is 4.57. The van der Waals surface area contributed by atoms with Crippen LogP contribution in [0.25, 0.3) is 0 Å². The minimum atomic E-state index is 0.684. The summed E-state index contributed by atoms with van der Waals surface area (Å²) in [4.78, 5) is 4.71. The molecule has 98 valence electrons. The van der Waals surface area contributed by atoms with Gasteiger partial charge in [-0.25, -0.2) is 0 Å². The molecule has 2 atom stereocenters. The van der Waals surface area contributed by atoms with E-state index >= 15 is 0 Å². The maximum absolute atomic E-state index is 4.71. The van der Waals surface area contributed by atoms with E-state index < -0.39 is 0 Å². The van der Waals surface area contributed by atoms with Gasteiger partial charge in [-0.15, -0.1) is 5.92 Å². The summed E-state index contributed by atoms with van der Waals surface area (Å²) in [6.07, 6.45) is 3.15. The van der Waals surface area contributed by atoms with Crippen molar-refractivity contribution in [1.82, 2.24) is 0 Å². The third-order valence-electron chi connectivity index (χ3n) is 3.42. The van der Waals surface area contributed by atoms with Crippen LogP contribution in [-0.4, -0.2) is 12.3 Å². The fourth-order valence-corrected chi connectivity index (χ4v) is 1.75. The average molecular weight is 235 g/mol. The van der Waals surface area contributed by atoms with E-state index in [0.29, 0.717) is 5.92 Å². The molecule has 0 amide bonds. The van der Waals surface area contributed by atoms with Crippen molar-refractivity contribution in [3.05, 3.63) is 0 Å². The van der Waals surface area contributed by atoms with Crippen molar-refractivity contribution in [2.45, 2.75) is 60.8 Å². The van der Waals surface area contributed by atoms with E-state index in [1.54, 1.807) is 0 Å². The second-order valence-electron chi connectivity index (χ2n) is 5.43. The van der Waals surface area contributed by atoms with Crippen LogP contribution < -0.4 is 0 Å². The summed E-state index contributed by atoms with van der Waals surface area (Å²) in [5, 5.41) is 0. The zero-order valence-corrected chi connectivity index (χ0v) is 12.5. The Bertz CT molecular complexity index is 278. The maximum Gasteiger partial charge on any atom is 0.0469 e. The van der Waals surface area contributed by atoms with E-state index in [-0.39, 0.29) is 0 Å². The lowest BCUT2D eigenvalue weighted by Crippen LogP contribution is -2.12. The number of hydrogen-bond donors (Lipinski definition) is 0. The van der Waals surface area contributed by atoms with Gasteiger partial charge in [-0.3, -0.25) is 4.99 Å². The molecular formula is C16H29N. The smallest absolute Gasteiger partial charge is 0.0469 e. The Hall–Kier alpha value is -0.770. The molecule has 0 radical (unpaired) electrons. The van der Waals surface area contributed by atoms with E-state index in [9.17, 15) is 0 Å². The van der Waals surface area contributed by atoms with Crippen molar-refractivity contribution < 1.29 is 0 Å². The monoisotopic (exact) mass is 235 g/mol. The number of hydrogen-bond acceptors (Lipinski definition) is 1. The van der Waals surface area contributed by atoms with Crippen LogP contribution in [0.15, 0.2) is 4.99 Å². The summed E-state index contributed by atoms with van der Waals surface area (Å²) in [6, 6.07) is 0. The van der Waals surface area contributed by atoms with Gasteiger partial charge in [0.1, 0.15) is 0 Å².